The van der Waals surface area contributed by atoms with Gasteiger partial charge in [0.05, 0.1) is 15.9 Å². The van der Waals surface area contributed by atoms with Crippen LogP contribution in [0.4, 0.5) is 11.4 Å². The third-order valence-corrected chi connectivity index (χ3v) is 5.50. The number of hydrogen-bond donors (Lipinski definition) is 1. The van der Waals surface area contributed by atoms with Crippen LogP contribution >= 0.6 is 22.6 Å². The molecule has 0 aliphatic rings. The number of amides is 1. The Bertz CT molecular complexity index is 1140. The van der Waals surface area contributed by atoms with Crippen LogP contribution in [0.15, 0.2) is 59.6 Å². The van der Waals surface area contributed by atoms with Crippen LogP contribution in [0.5, 0.6) is 11.5 Å². The van der Waals surface area contributed by atoms with Gasteiger partial charge < -0.3 is 14.8 Å². The number of anilines is 1. The fraction of sp³-hybridized carbons (Fsp3) is 0.231. The second-order valence-corrected chi connectivity index (χ2v) is 8.68. The van der Waals surface area contributed by atoms with Crippen molar-refractivity contribution in [1.82, 2.24) is 0 Å². The van der Waals surface area contributed by atoms with E-state index in [1.807, 2.05) is 63.4 Å². The molecule has 166 valence electrons. The zero-order chi connectivity index (χ0) is 23.1. The van der Waals surface area contributed by atoms with Gasteiger partial charge in [-0.05, 0) is 103 Å². The average molecular weight is 542 g/mol. The first-order valence-electron chi connectivity index (χ1n) is 10.4. The van der Waals surface area contributed by atoms with Crippen LogP contribution in [0.1, 0.15) is 29.2 Å². The Balaban J connectivity index is 1.75. The molecule has 0 unspecified atom stereocenters. The van der Waals surface area contributed by atoms with E-state index in [0.717, 1.165) is 31.6 Å². The van der Waals surface area contributed by atoms with Gasteiger partial charge >= 0.3 is 0 Å². The summed E-state index contributed by atoms with van der Waals surface area (Å²) < 4.78 is 12.5. The van der Waals surface area contributed by atoms with Crippen molar-refractivity contribution in [2.75, 3.05) is 18.5 Å². The summed E-state index contributed by atoms with van der Waals surface area (Å²) in [5, 5.41) is 2.86. The second-order valence-electron chi connectivity index (χ2n) is 7.52. The molecule has 1 N–H and O–H groups in total. The van der Waals surface area contributed by atoms with E-state index in [1.54, 1.807) is 0 Å². The molecule has 0 radical (unpaired) electrons. The molecule has 3 aromatic rings. The first-order valence-corrected chi connectivity index (χ1v) is 11.5. The molecule has 0 aliphatic carbocycles. The fourth-order valence-corrected chi connectivity index (χ4v) is 3.91. The van der Waals surface area contributed by atoms with Crippen LogP contribution in [-0.2, 0) is 4.79 Å². The molecular weight excluding hydrogens is 515 g/mol. The number of nitrogens with zero attached hydrogens (tertiary/aromatic N) is 1. The number of aliphatic imine (C=N–C) groups is 1. The highest BCUT2D eigenvalue weighted by molar-refractivity contribution is 14.1. The number of benzene rings is 3. The molecule has 0 aliphatic heterocycles. The van der Waals surface area contributed by atoms with E-state index in [0.29, 0.717) is 18.1 Å². The van der Waals surface area contributed by atoms with E-state index in [1.165, 1.54) is 5.56 Å². The lowest BCUT2D eigenvalue weighted by molar-refractivity contribution is -0.118. The van der Waals surface area contributed by atoms with E-state index in [-0.39, 0.29) is 12.5 Å². The van der Waals surface area contributed by atoms with Gasteiger partial charge in [0.2, 0.25) is 0 Å². The molecule has 0 aromatic heterocycles. The summed E-state index contributed by atoms with van der Waals surface area (Å²) in [5.41, 5.74) is 5.94. The molecule has 6 heteroatoms. The van der Waals surface area contributed by atoms with Crippen LogP contribution in [0.3, 0.4) is 0 Å². The molecule has 0 heterocycles. The number of nitrogens with one attached hydrogen (secondary N) is 1. The Hall–Kier alpha value is -2.87. The molecule has 5 nitrogen and oxygen atoms in total. The first-order chi connectivity index (χ1) is 15.4. The third-order valence-electron chi connectivity index (χ3n) is 4.70. The van der Waals surface area contributed by atoms with Gasteiger partial charge in [0.15, 0.2) is 18.1 Å². The van der Waals surface area contributed by atoms with Crippen LogP contribution in [0.2, 0.25) is 0 Å². The van der Waals surface area contributed by atoms with Crippen LogP contribution in [-0.4, -0.2) is 25.3 Å². The number of carbonyl (C=O) groups excluding carboxylic acids is 1. The van der Waals surface area contributed by atoms with Crippen LogP contribution in [0, 0.1) is 24.3 Å². The average Bonchev–Trinajstić information content (AvgIpc) is 2.74. The summed E-state index contributed by atoms with van der Waals surface area (Å²) >= 11 is 2.19. The minimum absolute atomic E-state index is 0.111. The van der Waals surface area contributed by atoms with Crippen molar-refractivity contribution in [2.45, 2.75) is 27.7 Å². The number of halogens is 1. The first kappa shape index (κ1) is 23.8. The van der Waals surface area contributed by atoms with E-state index in [4.69, 9.17) is 9.47 Å². The Morgan fingerprint density at radius 3 is 2.56 bits per heavy atom. The van der Waals surface area contributed by atoms with E-state index < -0.39 is 0 Å². The summed E-state index contributed by atoms with van der Waals surface area (Å²) in [6.45, 7) is 8.36. The summed E-state index contributed by atoms with van der Waals surface area (Å²) in [6.07, 6.45) is 1.82. The zero-order valence-electron chi connectivity index (χ0n) is 18.7. The highest BCUT2D eigenvalue weighted by atomic mass is 127. The highest BCUT2D eigenvalue weighted by Gasteiger charge is 2.14. The summed E-state index contributed by atoms with van der Waals surface area (Å²) in [4.78, 5) is 17.0. The van der Waals surface area contributed by atoms with Gasteiger partial charge in [-0.3, -0.25) is 9.79 Å². The van der Waals surface area contributed by atoms with E-state index >= 15 is 0 Å². The molecule has 1 amide bonds. The highest BCUT2D eigenvalue weighted by Crippen LogP contribution is 2.34. The largest absolute Gasteiger partial charge is 0.490 e. The molecule has 0 fully saturated rings. The normalized spacial score (nSPS) is 10.9. The summed E-state index contributed by atoms with van der Waals surface area (Å²) in [6, 6.07) is 17.7. The molecule has 0 spiro atoms. The van der Waals surface area contributed by atoms with Crippen molar-refractivity contribution < 1.29 is 14.3 Å². The van der Waals surface area contributed by atoms with Crippen molar-refractivity contribution in [3.8, 4) is 11.5 Å². The fourth-order valence-electron chi connectivity index (χ4n) is 3.13. The minimum Gasteiger partial charge on any atom is -0.490 e. The smallest absolute Gasteiger partial charge is 0.262 e. The SMILES string of the molecule is CCOc1cc(C=Nc2cc(C)ccc2C)cc(I)c1OCC(=O)Nc1cccc(C)c1. The topological polar surface area (TPSA) is 59.9 Å². The number of ether oxygens (including phenoxy) is 2. The second kappa shape index (κ2) is 11.1. The van der Waals surface area contributed by atoms with Gasteiger partial charge in [-0.2, -0.15) is 0 Å². The Labute approximate surface area is 203 Å². The van der Waals surface area contributed by atoms with Crippen molar-refractivity contribution in [2.24, 2.45) is 4.99 Å². The molecular formula is C26H27IN2O3. The Morgan fingerprint density at radius 2 is 1.81 bits per heavy atom. The van der Waals surface area contributed by atoms with E-state index in [9.17, 15) is 4.79 Å². The number of carbonyl (C=O) groups is 1. The predicted molar refractivity (Wildman–Crippen MR) is 139 cm³/mol. The van der Waals surface area contributed by atoms with Crippen molar-refractivity contribution in [3.05, 3.63) is 80.4 Å². The summed E-state index contributed by atoms with van der Waals surface area (Å²) in [7, 11) is 0. The molecule has 0 saturated carbocycles. The zero-order valence-corrected chi connectivity index (χ0v) is 20.9. The summed E-state index contributed by atoms with van der Waals surface area (Å²) in [5.74, 6) is 0.912. The maximum absolute atomic E-state index is 12.4. The molecule has 0 bridgehead atoms. The standard InChI is InChI=1S/C26H27IN2O3/c1-5-31-24-14-20(15-28-23-12-18(3)9-10-19(23)4)13-22(27)26(24)32-16-25(30)29-21-8-6-7-17(2)11-21/h6-15H,5,16H2,1-4H3,(H,29,30). The molecule has 3 rings (SSSR count). The van der Waals surface area contributed by atoms with Gasteiger partial charge in [-0.15, -0.1) is 0 Å². The lowest BCUT2D eigenvalue weighted by Crippen LogP contribution is -2.20. The van der Waals surface area contributed by atoms with Crippen molar-refractivity contribution in [3.63, 3.8) is 0 Å². The van der Waals surface area contributed by atoms with Gasteiger partial charge in [-0.1, -0.05) is 24.3 Å². The minimum atomic E-state index is -0.227. The number of rotatable bonds is 8. The predicted octanol–water partition coefficient (Wildman–Crippen LogP) is 6.38. The number of hydrogen-bond acceptors (Lipinski definition) is 4. The van der Waals surface area contributed by atoms with Crippen LogP contribution < -0.4 is 14.8 Å². The molecule has 32 heavy (non-hydrogen) atoms. The van der Waals surface area contributed by atoms with Crippen molar-refractivity contribution in [1.29, 1.82) is 0 Å². The Morgan fingerprint density at radius 1 is 1.03 bits per heavy atom. The van der Waals surface area contributed by atoms with E-state index in [2.05, 4.69) is 58.0 Å². The third kappa shape index (κ3) is 6.56. The van der Waals surface area contributed by atoms with Gasteiger partial charge in [0, 0.05) is 11.9 Å². The lowest BCUT2D eigenvalue weighted by atomic mass is 10.1. The quantitative estimate of drug-likeness (QED) is 0.265. The maximum Gasteiger partial charge on any atom is 0.262 e. The lowest BCUT2D eigenvalue weighted by Gasteiger charge is -2.15. The molecule has 0 atom stereocenters. The number of aryl methyl sites for hydroxylation is 3. The monoisotopic (exact) mass is 542 g/mol. The Kier molecular flexibility index (Phi) is 8.27. The maximum atomic E-state index is 12.4. The molecule has 0 saturated heterocycles. The van der Waals surface area contributed by atoms with Crippen molar-refractivity contribution >= 4 is 46.1 Å². The van der Waals surface area contributed by atoms with Gasteiger partial charge in [-0.25, -0.2) is 0 Å². The van der Waals surface area contributed by atoms with Gasteiger partial charge in [0.25, 0.3) is 5.91 Å². The van der Waals surface area contributed by atoms with Crippen LogP contribution in [0.25, 0.3) is 0 Å². The molecule has 3 aromatic carbocycles. The van der Waals surface area contributed by atoms with Gasteiger partial charge in [0.1, 0.15) is 0 Å².